The summed E-state index contributed by atoms with van der Waals surface area (Å²) in [5.41, 5.74) is -0.349. The Morgan fingerprint density at radius 3 is 2.63 bits per heavy atom. The SMILES string of the molecule is CCC[C@@H](NC(=O)Nc1cccc(F)c1F)C(=O)O. The van der Waals surface area contributed by atoms with E-state index in [2.05, 4.69) is 10.6 Å². The van der Waals surface area contributed by atoms with Crippen molar-refractivity contribution >= 4 is 17.7 Å². The standard InChI is InChI=1S/C12H14F2N2O3/c1-2-4-9(11(17)18)16-12(19)15-8-6-3-5-7(13)10(8)14/h3,5-6,9H,2,4H2,1H3,(H,17,18)(H2,15,16,19)/t9-/m1/s1. The fourth-order valence-electron chi connectivity index (χ4n) is 1.46. The molecule has 104 valence electrons. The Morgan fingerprint density at radius 2 is 2.05 bits per heavy atom. The molecular formula is C12H14F2N2O3. The summed E-state index contributed by atoms with van der Waals surface area (Å²) in [7, 11) is 0. The van der Waals surface area contributed by atoms with E-state index in [0.717, 1.165) is 6.07 Å². The van der Waals surface area contributed by atoms with Crippen molar-refractivity contribution in [1.82, 2.24) is 5.32 Å². The predicted molar refractivity (Wildman–Crippen MR) is 64.8 cm³/mol. The van der Waals surface area contributed by atoms with Crippen molar-refractivity contribution in [2.75, 3.05) is 5.32 Å². The largest absolute Gasteiger partial charge is 0.480 e. The van der Waals surface area contributed by atoms with E-state index in [1.54, 1.807) is 6.92 Å². The molecule has 7 heteroatoms. The number of amides is 2. The fourth-order valence-corrected chi connectivity index (χ4v) is 1.46. The molecule has 0 spiro atoms. The maximum atomic E-state index is 13.3. The van der Waals surface area contributed by atoms with Crippen molar-refractivity contribution in [1.29, 1.82) is 0 Å². The van der Waals surface area contributed by atoms with Gasteiger partial charge in [-0.3, -0.25) is 0 Å². The zero-order valence-corrected chi connectivity index (χ0v) is 10.2. The first-order chi connectivity index (χ1) is 8.95. The Morgan fingerprint density at radius 1 is 1.37 bits per heavy atom. The number of rotatable bonds is 5. The Kier molecular flexibility index (Phi) is 5.23. The van der Waals surface area contributed by atoms with Crippen LogP contribution < -0.4 is 10.6 Å². The summed E-state index contributed by atoms with van der Waals surface area (Å²) in [4.78, 5) is 22.3. The maximum Gasteiger partial charge on any atom is 0.326 e. The summed E-state index contributed by atoms with van der Waals surface area (Å²) < 4.78 is 26.2. The molecule has 0 fully saturated rings. The van der Waals surface area contributed by atoms with Gasteiger partial charge in [0.25, 0.3) is 0 Å². The molecule has 0 saturated carbocycles. The lowest BCUT2D eigenvalue weighted by atomic mass is 10.2. The molecule has 0 heterocycles. The highest BCUT2D eigenvalue weighted by Gasteiger charge is 2.19. The van der Waals surface area contributed by atoms with Crippen LogP contribution in [0.2, 0.25) is 0 Å². The quantitative estimate of drug-likeness (QED) is 0.769. The molecule has 1 aromatic carbocycles. The average molecular weight is 272 g/mol. The Hall–Kier alpha value is -2.18. The molecule has 2 amide bonds. The van der Waals surface area contributed by atoms with Gasteiger partial charge in [0.15, 0.2) is 11.6 Å². The highest BCUT2D eigenvalue weighted by atomic mass is 19.2. The van der Waals surface area contributed by atoms with Gasteiger partial charge in [0.05, 0.1) is 5.69 Å². The first-order valence-corrected chi connectivity index (χ1v) is 5.70. The monoisotopic (exact) mass is 272 g/mol. The van der Waals surface area contributed by atoms with Crippen molar-refractivity contribution in [2.24, 2.45) is 0 Å². The van der Waals surface area contributed by atoms with Gasteiger partial charge in [0, 0.05) is 0 Å². The topological polar surface area (TPSA) is 78.4 Å². The molecule has 0 aliphatic carbocycles. The van der Waals surface area contributed by atoms with Gasteiger partial charge in [0.2, 0.25) is 0 Å². The van der Waals surface area contributed by atoms with Crippen LogP contribution in [0.5, 0.6) is 0 Å². The Labute approximate surface area is 108 Å². The van der Waals surface area contributed by atoms with Crippen molar-refractivity contribution in [3.05, 3.63) is 29.8 Å². The van der Waals surface area contributed by atoms with Crippen LogP contribution in [0.3, 0.4) is 0 Å². The minimum Gasteiger partial charge on any atom is -0.480 e. The van der Waals surface area contributed by atoms with E-state index in [1.165, 1.54) is 12.1 Å². The Bertz CT molecular complexity index is 480. The fraction of sp³-hybridized carbons (Fsp3) is 0.333. The van der Waals surface area contributed by atoms with Crippen molar-refractivity contribution in [2.45, 2.75) is 25.8 Å². The molecule has 5 nitrogen and oxygen atoms in total. The number of urea groups is 1. The van der Waals surface area contributed by atoms with Gasteiger partial charge in [-0.15, -0.1) is 0 Å². The lowest BCUT2D eigenvalue weighted by Crippen LogP contribution is -2.43. The third kappa shape index (κ3) is 4.20. The molecule has 0 radical (unpaired) electrons. The van der Waals surface area contributed by atoms with Crippen molar-refractivity contribution in [3.63, 3.8) is 0 Å². The van der Waals surface area contributed by atoms with Crippen LogP contribution in [0.1, 0.15) is 19.8 Å². The predicted octanol–water partition coefficient (Wildman–Crippen LogP) is 2.34. The number of carboxylic acids is 1. The third-order valence-corrected chi connectivity index (χ3v) is 2.38. The normalized spacial score (nSPS) is 11.7. The molecule has 0 aliphatic heterocycles. The van der Waals surface area contributed by atoms with E-state index in [9.17, 15) is 18.4 Å². The van der Waals surface area contributed by atoms with Crippen molar-refractivity contribution in [3.8, 4) is 0 Å². The van der Waals surface area contributed by atoms with Crippen LogP contribution in [-0.4, -0.2) is 23.1 Å². The summed E-state index contributed by atoms with van der Waals surface area (Å²) in [6.45, 7) is 1.77. The molecule has 0 aromatic heterocycles. The van der Waals surface area contributed by atoms with E-state index >= 15 is 0 Å². The number of hydrogen-bond donors (Lipinski definition) is 3. The maximum absolute atomic E-state index is 13.3. The minimum atomic E-state index is -1.19. The van der Waals surface area contributed by atoms with Gasteiger partial charge in [-0.25, -0.2) is 18.4 Å². The van der Waals surface area contributed by atoms with Crippen molar-refractivity contribution < 1.29 is 23.5 Å². The molecule has 1 atom stereocenters. The van der Waals surface area contributed by atoms with Crippen LogP contribution in [-0.2, 0) is 4.79 Å². The number of halogens is 2. The van der Waals surface area contributed by atoms with Crippen LogP contribution in [0.4, 0.5) is 19.3 Å². The van der Waals surface area contributed by atoms with E-state index in [-0.39, 0.29) is 12.1 Å². The summed E-state index contributed by atoms with van der Waals surface area (Å²) in [5, 5.41) is 13.1. The number of carboxylic acid groups (broad SMARTS) is 1. The number of hydrogen-bond acceptors (Lipinski definition) is 2. The molecule has 0 unspecified atom stereocenters. The number of carbonyl (C=O) groups is 2. The zero-order valence-electron chi connectivity index (χ0n) is 10.2. The van der Waals surface area contributed by atoms with E-state index in [0.29, 0.717) is 6.42 Å². The summed E-state index contributed by atoms with van der Waals surface area (Å²) in [6, 6.07) is 1.35. The summed E-state index contributed by atoms with van der Waals surface area (Å²) in [6.07, 6.45) is 0.806. The van der Waals surface area contributed by atoms with Gasteiger partial charge in [0.1, 0.15) is 6.04 Å². The second-order valence-electron chi connectivity index (χ2n) is 3.88. The molecular weight excluding hydrogens is 258 g/mol. The van der Waals surface area contributed by atoms with Crippen LogP contribution in [0.25, 0.3) is 0 Å². The van der Waals surface area contributed by atoms with Gasteiger partial charge in [-0.1, -0.05) is 19.4 Å². The molecule has 19 heavy (non-hydrogen) atoms. The van der Waals surface area contributed by atoms with E-state index in [4.69, 9.17) is 5.11 Å². The van der Waals surface area contributed by atoms with Crippen LogP contribution >= 0.6 is 0 Å². The zero-order chi connectivity index (χ0) is 14.4. The molecule has 0 saturated heterocycles. The smallest absolute Gasteiger partial charge is 0.326 e. The van der Waals surface area contributed by atoms with Crippen LogP contribution in [0.15, 0.2) is 18.2 Å². The molecule has 0 aliphatic rings. The van der Waals surface area contributed by atoms with Gasteiger partial charge >= 0.3 is 12.0 Å². The highest BCUT2D eigenvalue weighted by Crippen LogP contribution is 2.16. The second-order valence-corrected chi connectivity index (χ2v) is 3.88. The first-order valence-electron chi connectivity index (χ1n) is 5.70. The van der Waals surface area contributed by atoms with Crippen LogP contribution in [0, 0.1) is 11.6 Å². The highest BCUT2D eigenvalue weighted by molar-refractivity contribution is 5.92. The average Bonchev–Trinajstić information content (AvgIpc) is 2.34. The molecule has 3 N–H and O–H groups in total. The second kappa shape index (κ2) is 6.67. The van der Waals surface area contributed by atoms with E-state index < -0.39 is 29.7 Å². The first kappa shape index (κ1) is 14.9. The number of anilines is 1. The van der Waals surface area contributed by atoms with Gasteiger partial charge in [-0.05, 0) is 18.6 Å². The molecule has 1 aromatic rings. The van der Waals surface area contributed by atoms with Gasteiger partial charge < -0.3 is 15.7 Å². The number of aliphatic carboxylic acids is 1. The summed E-state index contributed by atoms with van der Waals surface area (Å²) in [5.74, 6) is -3.47. The molecule has 0 bridgehead atoms. The van der Waals surface area contributed by atoms with E-state index in [1.807, 2.05) is 0 Å². The number of benzene rings is 1. The van der Waals surface area contributed by atoms with Gasteiger partial charge in [-0.2, -0.15) is 0 Å². The minimum absolute atomic E-state index is 0.244. The third-order valence-electron chi connectivity index (χ3n) is 2.38. The number of nitrogens with one attached hydrogen (secondary N) is 2. The Balaban J connectivity index is 2.69. The lowest BCUT2D eigenvalue weighted by molar-refractivity contribution is -0.139. The lowest BCUT2D eigenvalue weighted by Gasteiger charge is -2.14. The summed E-state index contributed by atoms with van der Waals surface area (Å²) >= 11 is 0. The number of carbonyl (C=O) groups excluding carboxylic acids is 1. The molecule has 1 rings (SSSR count).